The van der Waals surface area contributed by atoms with Crippen molar-refractivity contribution < 1.29 is 4.79 Å². The summed E-state index contributed by atoms with van der Waals surface area (Å²) in [6, 6.07) is 0. The summed E-state index contributed by atoms with van der Waals surface area (Å²) >= 11 is 0. The molecule has 1 spiro atoms. The van der Waals surface area contributed by atoms with Crippen LogP contribution in [-0.2, 0) is 4.79 Å². The molecule has 176 valence electrons. The number of carbonyl (C=O) groups excluding carboxylic acids is 1. The van der Waals surface area contributed by atoms with Crippen LogP contribution in [0.15, 0.2) is 0 Å². The molecule has 3 heteroatoms. The lowest BCUT2D eigenvalue weighted by molar-refractivity contribution is -0.134. The van der Waals surface area contributed by atoms with E-state index in [2.05, 4.69) is 37.5 Å². The molecule has 0 radical (unpaired) electrons. The quantitative estimate of drug-likeness (QED) is 0.302. The highest BCUT2D eigenvalue weighted by molar-refractivity contribution is 5.76. The summed E-state index contributed by atoms with van der Waals surface area (Å²) < 4.78 is 0. The molecule has 0 N–H and O–H groups in total. The predicted octanol–water partition coefficient (Wildman–Crippen LogP) is 6.90. The summed E-state index contributed by atoms with van der Waals surface area (Å²) in [5.41, 5.74) is 0.534. The molecule has 2 rings (SSSR count). The molecule has 0 aromatic heterocycles. The van der Waals surface area contributed by atoms with Crippen molar-refractivity contribution in [3.05, 3.63) is 0 Å². The molecule has 0 aromatic carbocycles. The van der Waals surface area contributed by atoms with Crippen molar-refractivity contribution in [3.8, 4) is 0 Å². The molecule has 2 unspecified atom stereocenters. The lowest BCUT2D eigenvalue weighted by Crippen LogP contribution is -2.48. The Morgan fingerprint density at radius 1 is 0.767 bits per heavy atom. The standard InChI is InChI=1S/C27H52N2O/c1-5-7-9-10-12-25(4)23-28-19-15-27(16-20-28)17-21-29(22-18-27)26(30)14-13-24(3)11-8-6-2/h24-25H,5-23H2,1-4H3. The summed E-state index contributed by atoms with van der Waals surface area (Å²) in [5.74, 6) is 1.96. The van der Waals surface area contributed by atoms with Crippen LogP contribution in [0.25, 0.3) is 0 Å². The summed E-state index contributed by atoms with van der Waals surface area (Å²) in [7, 11) is 0. The van der Waals surface area contributed by atoms with Gasteiger partial charge in [-0.25, -0.2) is 0 Å². The van der Waals surface area contributed by atoms with Crippen LogP contribution < -0.4 is 0 Å². The maximum Gasteiger partial charge on any atom is 0.222 e. The zero-order valence-electron chi connectivity index (χ0n) is 20.9. The molecule has 2 aliphatic rings. The minimum absolute atomic E-state index is 0.419. The second-order valence-corrected chi connectivity index (χ2v) is 10.9. The number of hydrogen-bond acceptors (Lipinski definition) is 2. The maximum absolute atomic E-state index is 12.7. The molecule has 2 aliphatic heterocycles. The van der Waals surface area contributed by atoms with Crippen molar-refractivity contribution in [3.63, 3.8) is 0 Å². The molecule has 2 heterocycles. The second-order valence-electron chi connectivity index (χ2n) is 10.9. The summed E-state index contributed by atoms with van der Waals surface area (Å²) in [6.07, 6.45) is 17.8. The van der Waals surface area contributed by atoms with E-state index in [9.17, 15) is 4.79 Å². The van der Waals surface area contributed by atoms with Crippen LogP contribution in [0.5, 0.6) is 0 Å². The number of carbonyl (C=O) groups is 1. The first kappa shape index (κ1) is 25.7. The first-order valence-electron chi connectivity index (χ1n) is 13.5. The minimum Gasteiger partial charge on any atom is -0.343 e. The fraction of sp³-hybridized carbons (Fsp3) is 0.963. The van der Waals surface area contributed by atoms with Gasteiger partial charge in [-0.05, 0) is 68.9 Å². The summed E-state index contributed by atoms with van der Waals surface area (Å²) in [6.45, 7) is 15.2. The lowest BCUT2D eigenvalue weighted by atomic mass is 9.71. The fourth-order valence-corrected chi connectivity index (χ4v) is 5.62. The van der Waals surface area contributed by atoms with E-state index in [0.29, 0.717) is 17.2 Å². The zero-order valence-corrected chi connectivity index (χ0v) is 20.9. The van der Waals surface area contributed by atoms with Gasteiger partial charge >= 0.3 is 0 Å². The largest absolute Gasteiger partial charge is 0.343 e. The molecule has 2 atom stereocenters. The van der Waals surface area contributed by atoms with Gasteiger partial charge in [-0.2, -0.15) is 0 Å². The number of rotatable bonds is 13. The maximum atomic E-state index is 12.7. The number of amides is 1. The third-order valence-electron chi connectivity index (χ3n) is 8.12. The van der Waals surface area contributed by atoms with Crippen molar-refractivity contribution in [1.29, 1.82) is 0 Å². The SMILES string of the molecule is CCCCCCC(C)CN1CCC2(CC1)CCN(C(=O)CCC(C)CCCC)CC2. The Morgan fingerprint density at radius 2 is 1.37 bits per heavy atom. The van der Waals surface area contributed by atoms with Gasteiger partial charge in [-0.3, -0.25) is 4.79 Å². The van der Waals surface area contributed by atoms with Crippen LogP contribution >= 0.6 is 0 Å². The molecular formula is C27H52N2O. The highest BCUT2D eigenvalue weighted by Crippen LogP contribution is 2.41. The number of unbranched alkanes of at least 4 members (excludes halogenated alkanes) is 4. The Balaban J connectivity index is 1.62. The highest BCUT2D eigenvalue weighted by atomic mass is 16.2. The van der Waals surface area contributed by atoms with Crippen molar-refractivity contribution in [2.24, 2.45) is 17.3 Å². The van der Waals surface area contributed by atoms with Crippen LogP contribution in [0, 0.1) is 17.3 Å². The Kier molecular flexibility index (Phi) is 11.8. The van der Waals surface area contributed by atoms with Gasteiger partial charge in [0.15, 0.2) is 0 Å². The minimum atomic E-state index is 0.419. The van der Waals surface area contributed by atoms with Crippen molar-refractivity contribution >= 4 is 5.91 Å². The molecule has 0 saturated carbocycles. The van der Waals surface area contributed by atoms with Crippen LogP contribution in [0.2, 0.25) is 0 Å². The van der Waals surface area contributed by atoms with Crippen LogP contribution in [-0.4, -0.2) is 48.4 Å². The highest BCUT2D eigenvalue weighted by Gasteiger charge is 2.38. The van der Waals surface area contributed by atoms with Crippen molar-refractivity contribution in [1.82, 2.24) is 9.80 Å². The zero-order chi connectivity index (χ0) is 21.8. The third-order valence-corrected chi connectivity index (χ3v) is 8.12. The molecule has 30 heavy (non-hydrogen) atoms. The molecule has 2 fully saturated rings. The van der Waals surface area contributed by atoms with Crippen LogP contribution in [0.4, 0.5) is 0 Å². The van der Waals surface area contributed by atoms with Gasteiger partial charge in [0.05, 0.1) is 0 Å². The fourth-order valence-electron chi connectivity index (χ4n) is 5.62. The first-order valence-corrected chi connectivity index (χ1v) is 13.5. The number of piperidine rings is 2. The average molecular weight is 421 g/mol. The topological polar surface area (TPSA) is 23.6 Å². The van der Waals surface area contributed by atoms with Gasteiger partial charge in [-0.1, -0.05) is 72.6 Å². The number of nitrogens with zero attached hydrogens (tertiary/aromatic N) is 2. The van der Waals surface area contributed by atoms with Crippen molar-refractivity contribution in [2.45, 2.75) is 118 Å². The van der Waals surface area contributed by atoms with E-state index in [1.165, 1.54) is 96.7 Å². The van der Waals surface area contributed by atoms with Crippen LogP contribution in [0.1, 0.15) is 118 Å². The molecule has 1 amide bonds. The van der Waals surface area contributed by atoms with Gasteiger partial charge < -0.3 is 9.80 Å². The van der Waals surface area contributed by atoms with Gasteiger partial charge in [-0.15, -0.1) is 0 Å². The summed E-state index contributed by atoms with van der Waals surface area (Å²) in [5, 5.41) is 0. The monoisotopic (exact) mass is 420 g/mol. The van der Waals surface area contributed by atoms with Crippen LogP contribution in [0.3, 0.4) is 0 Å². The molecule has 3 nitrogen and oxygen atoms in total. The third kappa shape index (κ3) is 8.89. The van der Waals surface area contributed by atoms with E-state index in [-0.39, 0.29) is 0 Å². The Morgan fingerprint density at radius 3 is 2.00 bits per heavy atom. The molecular weight excluding hydrogens is 368 g/mol. The molecule has 2 saturated heterocycles. The molecule has 0 aromatic rings. The first-order chi connectivity index (χ1) is 14.5. The average Bonchev–Trinajstić information content (AvgIpc) is 2.76. The van der Waals surface area contributed by atoms with Gasteiger partial charge in [0.2, 0.25) is 5.91 Å². The second kappa shape index (κ2) is 13.8. The lowest BCUT2D eigenvalue weighted by Gasteiger charge is -2.47. The Bertz CT molecular complexity index is 459. The molecule has 0 aliphatic carbocycles. The van der Waals surface area contributed by atoms with E-state index in [0.717, 1.165) is 31.8 Å². The van der Waals surface area contributed by atoms with Gasteiger partial charge in [0.25, 0.3) is 0 Å². The van der Waals surface area contributed by atoms with E-state index in [1.807, 2.05) is 0 Å². The van der Waals surface area contributed by atoms with E-state index in [4.69, 9.17) is 0 Å². The van der Waals surface area contributed by atoms with E-state index in [1.54, 1.807) is 0 Å². The van der Waals surface area contributed by atoms with Gasteiger partial charge in [0.1, 0.15) is 0 Å². The van der Waals surface area contributed by atoms with E-state index >= 15 is 0 Å². The van der Waals surface area contributed by atoms with Gasteiger partial charge in [0, 0.05) is 26.1 Å². The van der Waals surface area contributed by atoms with Crippen molar-refractivity contribution in [2.75, 3.05) is 32.7 Å². The predicted molar refractivity (Wildman–Crippen MR) is 130 cm³/mol. The summed E-state index contributed by atoms with van der Waals surface area (Å²) in [4.78, 5) is 17.6. The molecule has 0 bridgehead atoms. The smallest absolute Gasteiger partial charge is 0.222 e. The Labute approximate surface area is 188 Å². The Hall–Kier alpha value is -0.570. The number of likely N-dealkylation sites (tertiary alicyclic amines) is 2. The normalized spacial score (nSPS) is 21.7. The number of hydrogen-bond donors (Lipinski definition) is 0. The van der Waals surface area contributed by atoms with E-state index < -0.39 is 0 Å².